The van der Waals surface area contributed by atoms with E-state index in [1.165, 1.54) is 11.1 Å². The van der Waals surface area contributed by atoms with E-state index in [4.69, 9.17) is 6.42 Å². The van der Waals surface area contributed by atoms with Gasteiger partial charge in [0.05, 0.1) is 0 Å². The van der Waals surface area contributed by atoms with Gasteiger partial charge in [-0.15, -0.1) is 12.3 Å². The molecule has 86 valence electrons. The molecule has 0 saturated heterocycles. The van der Waals surface area contributed by atoms with Gasteiger partial charge in [0, 0.05) is 12.5 Å². The lowest BCUT2D eigenvalue weighted by Crippen LogP contribution is -2.22. The number of hydrogen-bond acceptors (Lipinski definition) is 1. The van der Waals surface area contributed by atoms with E-state index in [2.05, 4.69) is 56.3 Å². The predicted molar refractivity (Wildman–Crippen MR) is 70.4 cm³/mol. The van der Waals surface area contributed by atoms with Crippen molar-refractivity contribution in [2.45, 2.75) is 38.6 Å². The van der Waals surface area contributed by atoms with Crippen LogP contribution in [0.15, 0.2) is 24.3 Å². The Morgan fingerprint density at radius 3 is 2.44 bits per heavy atom. The minimum Gasteiger partial charge on any atom is -0.312 e. The lowest BCUT2D eigenvalue weighted by molar-refractivity contribution is 0.546. The molecule has 0 bridgehead atoms. The summed E-state index contributed by atoms with van der Waals surface area (Å²) >= 11 is 0. The summed E-state index contributed by atoms with van der Waals surface area (Å²) in [6.07, 6.45) is 6.14. The van der Waals surface area contributed by atoms with Gasteiger partial charge in [-0.3, -0.25) is 0 Å². The molecule has 1 unspecified atom stereocenters. The third-order valence-corrected chi connectivity index (χ3v) is 2.81. The zero-order valence-corrected chi connectivity index (χ0v) is 10.7. The van der Waals surface area contributed by atoms with Crippen LogP contribution in [0, 0.1) is 12.3 Å². The van der Waals surface area contributed by atoms with Crippen LogP contribution in [-0.4, -0.2) is 7.05 Å². The van der Waals surface area contributed by atoms with E-state index < -0.39 is 0 Å². The van der Waals surface area contributed by atoms with Crippen molar-refractivity contribution in [1.82, 2.24) is 5.32 Å². The molecule has 1 atom stereocenters. The molecule has 16 heavy (non-hydrogen) atoms. The molecule has 1 rings (SSSR count). The maximum absolute atomic E-state index is 5.41. The fourth-order valence-corrected chi connectivity index (χ4v) is 1.97. The number of nitrogens with one attached hydrogen (secondary N) is 1. The molecule has 0 saturated carbocycles. The van der Waals surface area contributed by atoms with E-state index in [-0.39, 0.29) is 11.5 Å². The summed E-state index contributed by atoms with van der Waals surface area (Å²) in [6.45, 7) is 6.69. The van der Waals surface area contributed by atoms with Crippen LogP contribution in [0.3, 0.4) is 0 Å². The second-order valence-corrected chi connectivity index (χ2v) is 5.09. The van der Waals surface area contributed by atoms with Gasteiger partial charge >= 0.3 is 0 Å². The summed E-state index contributed by atoms with van der Waals surface area (Å²) in [5, 5.41) is 3.29. The highest BCUT2D eigenvalue weighted by molar-refractivity contribution is 5.35. The standard InChI is InChI=1S/C15H21N/c1-6-9-14(16-5)12-10-7-8-11-13(12)15(2,3)4/h1,7-8,10-11,14,16H,9H2,2-5H3. The maximum atomic E-state index is 5.41. The summed E-state index contributed by atoms with van der Waals surface area (Å²) in [5.74, 6) is 2.73. The highest BCUT2D eigenvalue weighted by Crippen LogP contribution is 2.30. The average Bonchev–Trinajstić information content (AvgIpc) is 2.25. The Hall–Kier alpha value is -1.26. The number of hydrogen-bond donors (Lipinski definition) is 1. The first kappa shape index (κ1) is 12.8. The van der Waals surface area contributed by atoms with Crippen molar-refractivity contribution in [3.63, 3.8) is 0 Å². The SMILES string of the molecule is C#CCC(NC)c1ccccc1C(C)(C)C. The van der Waals surface area contributed by atoms with E-state index in [1.54, 1.807) is 0 Å². The van der Waals surface area contributed by atoms with E-state index in [1.807, 2.05) is 7.05 Å². The highest BCUT2D eigenvalue weighted by atomic mass is 14.9. The first-order chi connectivity index (χ1) is 7.50. The third-order valence-electron chi connectivity index (χ3n) is 2.81. The Labute approximate surface area is 99.3 Å². The Morgan fingerprint density at radius 2 is 1.94 bits per heavy atom. The molecule has 0 aromatic heterocycles. The Balaban J connectivity index is 3.17. The molecule has 0 aliphatic heterocycles. The van der Waals surface area contributed by atoms with Crippen molar-refractivity contribution in [2.75, 3.05) is 7.05 Å². The number of terminal acetylenes is 1. The molecular weight excluding hydrogens is 194 g/mol. The van der Waals surface area contributed by atoms with E-state index in [0.29, 0.717) is 0 Å². The molecule has 0 amide bonds. The molecule has 1 heteroatoms. The van der Waals surface area contributed by atoms with E-state index in [0.717, 1.165) is 6.42 Å². The van der Waals surface area contributed by atoms with Crippen molar-refractivity contribution in [1.29, 1.82) is 0 Å². The predicted octanol–water partition coefficient (Wildman–Crippen LogP) is 3.27. The molecule has 0 spiro atoms. The second-order valence-electron chi connectivity index (χ2n) is 5.09. The van der Waals surface area contributed by atoms with Gasteiger partial charge in [-0.25, -0.2) is 0 Å². The van der Waals surface area contributed by atoms with Gasteiger partial charge in [-0.05, 0) is 23.6 Å². The Kier molecular flexibility index (Phi) is 4.15. The zero-order chi connectivity index (χ0) is 12.2. The molecule has 1 N–H and O–H groups in total. The van der Waals surface area contributed by atoms with Crippen LogP contribution in [-0.2, 0) is 5.41 Å². The normalized spacial score (nSPS) is 13.2. The molecule has 0 heterocycles. The van der Waals surface area contributed by atoms with Gasteiger partial charge < -0.3 is 5.32 Å². The first-order valence-electron chi connectivity index (χ1n) is 5.71. The second kappa shape index (κ2) is 5.18. The van der Waals surface area contributed by atoms with Crippen molar-refractivity contribution >= 4 is 0 Å². The number of rotatable bonds is 3. The summed E-state index contributed by atoms with van der Waals surface area (Å²) in [4.78, 5) is 0. The quantitative estimate of drug-likeness (QED) is 0.763. The van der Waals surface area contributed by atoms with Gasteiger partial charge in [0.15, 0.2) is 0 Å². The third kappa shape index (κ3) is 2.87. The number of benzene rings is 1. The smallest absolute Gasteiger partial charge is 0.0431 e. The van der Waals surface area contributed by atoms with Crippen molar-refractivity contribution in [3.8, 4) is 12.3 Å². The minimum absolute atomic E-state index is 0.153. The summed E-state index contributed by atoms with van der Waals surface area (Å²) in [5.41, 5.74) is 2.83. The largest absolute Gasteiger partial charge is 0.312 e. The molecule has 0 aliphatic rings. The van der Waals surface area contributed by atoms with Crippen LogP contribution < -0.4 is 5.32 Å². The van der Waals surface area contributed by atoms with Crippen LogP contribution in [0.5, 0.6) is 0 Å². The van der Waals surface area contributed by atoms with Crippen molar-refractivity contribution < 1.29 is 0 Å². The minimum atomic E-state index is 0.153. The molecule has 1 aromatic carbocycles. The van der Waals surface area contributed by atoms with E-state index in [9.17, 15) is 0 Å². The molecule has 0 radical (unpaired) electrons. The fourth-order valence-electron chi connectivity index (χ4n) is 1.97. The van der Waals surface area contributed by atoms with Crippen LogP contribution in [0.2, 0.25) is 0 Å². The lowest BCUT2D eigenvalue weighted by atomic mass is 9.81. The molecule has 1 aromatic rings. The van der Waals surface area contributed by atoms with Crippen LogP contribution in [0.1, 0.15) is 44.4 Å². The van der Waals surface area contributed by atoms with Crippen molar-refractivity contribution in [2.24, 2.45) is 0 Å². The van der Waals surface area contributed by atoms with Gasteiger partial charge in [-0.1, -0.05) is 45.0 Å². The van der Waals surface area contributed by atoms with Gasteiger partial charge in [0.2, 0.25) is 0 Å². The zero-order valence-electron chi connectivity index (χ0n) is 10.7. The summed E-state index contributed by atoms with van der Waals surface area (Å²) in [6, 6.07) is 8.77. The Bertz CT molecular complexity index is 379. The highest BCUT2D eigenvalue weighted by Gasteiger charge is 2.20. The Morgan fingerprint density at radius 1 is 1.31 bits per heavy atom. The van der Waals surface area contributed by atoms with Gasteiger partial charge in [-0.2, -0.15) is 0 Å². The van der Waals surface area contributed by atoms with Gasteiger partial charge in [0.25, 0.3) is 0 Å². The topological polar surface area (TPSA) is 12.0 Å². The van der Waals surface area contributed by atoms with Crippen LogP contribution in [0.25, 0.3) is 0 Å². The van der Waals surface area contributed by atoms with Crippen LogP contribution >= 0.6 is 0 Å². The molecule has 0 fully saturated rings. The van der Waals surface area contributed by atoms with E-state index >= 15 is 0 Å². The van der Waals surface area contributed by atoms with Crippen molar-refractivity contribution in [3.05, 3.63) is 35.4 Å². The van der Waals surface area contributed by atoms with Crippen LogP contribution in [0.4, 0.5) is 0 Å². The monoisotopic (exact) mass is 215 g/mol. The molecular formula is C15H21N. The molecule has 0 aliphatic carbocycles. The average molecular weight is 215 g/mol. The summed E-state index contributed by atoms with van der Waals surface area (Å²) < 4.78 is 0. The maximum Gasteiger partial charge on any atom is 0.0431 e. The first-order valence-corrected chi connectivity index (χ1v) is 5.71. The fraction of sp³-hybridized carbons (Fsp3) is 0.467. The lowest BCUT2D eigenvalue weighted by Gasteiger charge is -2.26. The van der Waals surface area contributed by atoms with Gasteiger partial charge in [0.1, 0.15) is 0 Å². The molecule has 1 nitrogen and oxygen atoms in total. The summed E-state index contributed by atoms with van der Waals surface area (Å²) in [7, 11) is 1.96.